The fraction of sp³-hybridized carbons (Fsp3) is 0.647. The van der Waals surface area contributed by atoms with Gasteiger partial charge in [-0.3, -0.25) is 9.59 Å². The Balaban J connectivity index is 1.42. The van der Waals surface area contributed by atoms with E-state index in [1.165, 1.54) is 6.20 Å². The first kappa shape index (κ1) is 20.4. The Hall–Kier alpha value is -2.33. The van der Waals surface area contributed by atoms with E-state index in [0.29, 0.717) is 25.2 Å². The number of carbonyl (C=O) groups is 2. The molecule has 4 N–H and O–H groups in total. The summed E-state index contributed by atoms with van der Waals surface area (Å²) < 4.78 is 5.50. The number of halogens is 1. The van der Waals surface area contributed by atoms with Gasteiger partial charge in [0.05, 0.1) is 18.4 Å². The first-order valence-electron chi connectivity index (χ1n) is 9.31. The zero-order valence-corrected chi connectivity index (χ0v) is 16.1. The summed E-state index contributed by atoms with van der Waals surface area (Å²) in [7, 11) is 0. The van der Waals surface area contributed by atoms with Crippen molar-refractivity contribution in [1.29, 1.82) is 0 Å². The molecule has 2 heterocycles. The van der Waals surface area contributed by atoms with E-state index < -0.39 is 18.3 Å². The molecule has 28 heavy (non-hydrogen) atoms. The van der Waals surface area contributed by atoms with Gasteiger partial charge >= 0.3 is 6.09 Å². The predicted octanol–water partition coefficient (Wildman–Crippen LogP) is 0.148. The molecule has 10 nitrogen and oxygen atoms in total. The lowest BCUT2D eigenvalue weighted by Gasteiger charge is -2.29. The van der Waals surface area contributed by atoms with E-state index in [-0.39, 0.29) is 29.1 Å². The highest BCUT2D eigenvalue weighted by atomic mass is 35.5. The molecule has 0 radical (unpaired) electrons. The minimum absolute atomic E-state index is 0.00129. The summed E-state index contributed by atoms with van der Waals surface area (Å²) in [5, 5.41) is 20.5. The van der Waals surface area contributed by atoms with E-state index in [2.05, 4.69) is 20.8 Å². The Morgan fingerprint density at radius 3 is 2.61 bits per heavy atom. The van der Waals surface area contributed by atoms with Crippen LogP contribution in [-0.2, 0) is 9.53 Å². The van der Waals surface area contributed by atoms with Crippen molar-refractivity contribution in [1.82, 2.24) is 20.8 Å². The fourth-order valence-corrected chi connectivity index (χ4v) is 3.86. The molecule has 0 bridgehead atoms. The number of anilines is 1. The number of ether oxygens (including phenoxy) is 1. The summed E-state index contributed by atoms with van der Waals surface area (Å²) in [6.07, 6.45) is 4.30. The molecule has 3 rings (SSSR count). The lowest BCUT2D eigenvalue weighted by atomic mass is 9.91. The number of rotatable bonds is 5. The average Bonchev–Trinajstić information content (AvgIpc) is 3.13. The van der Waals surface area contributed by atoms with Crippen molar-refractivity contribution in [3.05, 3.63) is 21.6 Å². The van der Waals surface area contributed by atoms with E-state index in [4.69, 9.17) is 21.4 Å². The topological polar surface area (TPSA) is 137 Å². The van der Waals surface area contributed by atoms with Crippen LogP contribution in [0.5, 0.6) is 0 Å². The number of alkyl carbamates (subject to hydrolysis) is 1. The maximum Gasteiger partial charge on any atom is 0.407 e. The van der Waals surface area contributed by atoms with Crippen LogP contribution in [0.4, 0.5) is 10.5 Å². The molecule has 2 aliphatic rings. The maximum atomic E-state index is 12.2. The highest BCUT2D eigenvalue weighted by molar-refractivity contribution is 6.33. The van der Waals surface area contributed by atoms with Crippen molar-refractivity contribution in [3.63, 3.8) is 0 Å². The molecule has 1 saturated heterocycles. The molecule has 154 valence electrons. The molecule has 0 spiro atoms. The normalized spacial score (nSPS) is 24.6. The smallest absolute Gasteiger partial charge is 0.407 e. The number of hydrogen-bond acceptors (Lipinski definition) is 7. The minimum Gasteiger partial charge on any atom is -0.444 e. The van der Waals surface area contributed by atoms with Crippen LogP contribution in [0, 0.1) is 0 Å². The SMILES string of the molecule is O=C(CO)NC1CCC(NC(=O)O[C@@H]2CCN(c3cn[nH]c(=O)c3Cl)C2)CC1. The van der Waals surface area contributed by atoms with E-state index in [1.54, 1.807) is 0 Å². The lowest BCUT2D eigenvalue weighted by Crippen LogP contribution is -2.45. The molecular weight excluding hydrogens is 390 g/mol. The number of aliphatic hydroxyl groups is 1. The summed E-state index contributed by atoms with van der Waals surface area (Å²) >= 11 is 6.02. The van der Waals surface area contributed by atoms with Crippen LogP contribution in [0.3, 0.4) is 0 Å². The zero-order chi connectivity index (χ0) is 20.1. The van der Waals surface area contributed by atoms with Crippen LogP contribution in [0.25, 0.3) is 0 Å². The summed E-state index contributed by atoms with van der Waals surface area (Å²) in [4.78, 5) is 36.8. The van der Waals surface area contributed by atoms with Gasteiger partial charge < -0.3 is 25.4 Å². The number of aromatic amines is 1. The Morgan fingerprint density at radius 2 is 1.93 bits per heavy atom. The van der Waals surface area contributed by atoms with Gasteiger partial charge in [-0.25, -0.2) is 9.89 Å². The van der Waals surface area contributed by atoms with Crippen LogP contribution in [0.1, 0.15) is 32.1 Å². The molecule has 0 aromatic carbocycles. The van der Waals surface area contributed by atoms with Crippen LogP contribution < -0.4 is 21.1 Å². The third-order valence-electron chi connectivity index (χ3n) is 5.09. The number of aromatic nitrogens is 2. The standard InChI is InChI=1S/C17H24ClN5O5/c18-15-13(7-19-22-16(15)26)23-6-5-12(8-23)28-17(27)21-11-3-1-10(2-4-11)20-14(25)9-24/h7,10-12,24H,1-6,8-9H2,(H,20,25)(H,21,27)(H,22,26)/t10?,11?,12-/m1/s1. The third kappa shape index (κ3) is 5.14. The van der Waals surface area contributed by atoms with Crippen molar-refractivity contribution in [3.8, 4) is 0 Å². The Bertz CT molecular complexity index is 765. The van der Waals surface area contributed by atoms with Crippen LogP contribution >= 0.6 is 11.6 Å². The Labute approximate surface area is 166 Å². The second kappa shape index (κ2) is 9.24. The van der Waals surface area contributed by atoms with Gasteiger partial charge in [-0.1, -0.05) is 11.6 Å². The van der Waals surface area contributed by atoms with Crippen molar-refractivity contribution in [2.75, 3.05) is 24.6 Å². The highest BCUT2D eigenvalue weighted by Crippen LogP contribution is 2.26. The first-order valence-corrected chi connectivity index (χ1v) is 9.69. The van der Waals surface area contributed by atoms with Gasteiger partial charge in [0.15, 0.2) is 0 Å². The van der Waals surface area contributed by atoms with Crippen molar-refractivity contribution in [2.24, 2.45) is 0 Å². The van der Waals surface area contributed by atoms with Gasteiger partial charge in [-0.2, -0.15) is 5.10 Å². The molecule has 11 heteroatoms. The Kier molecular flexibility index (Phi) is 6.74. The number of aliphatic hydroxyl groups excluding tert-OH is 1. The molecule has 1 aromatic rings. The van der Waals surface area contributed by atoms with Gasteiger partial charge in [0.25, 0.3) is 5.56 Å². The lowest BCUT2D eigenvalue weighted by molar-refractivity contribution is -0.124. The number of H-pyrrole nitrogens is 1. The van der Waals surface area contributed by atoms with Crippen molar-refractivity contribution < 1.29 is 19.4 Å². The summed E-state index contributed by atoms with van der Waals surface area (Å²) in [6.45, 7) is 0.540. The molecule has 0 unspecified atom stereocenters. The van der Waals surface area contributed by atoms with E-state index >= 15 is 0 Å². The van der Waals surface area contributed by atoms with E-state index in [0.717, 1.165) is 25.7 Å². The number of carbonyl (C=O) groups excluding carboxylic acids is 2. The fourth-order valence-electron chi connectivity index (χ4n) is 3.65. The number of nitrogens with one attached hydrogen (secondary N) is 3. The molecular formula is C17H24ClN5O5. The predicted molar refractivity (Wildman–Crippen MR) is 101 cm³/mol. The number of amides is 2. The quantitative estimate of drug-likeness (QED) is 0.539. The maximum absolute atomic E-state index is 12.2. The molecule has 1 atom stereocenters. The van der Waals surface area contributed by atoms with Crippen LogP contribution in [0.2, 0.25) is 5.02 Å². The van der Waals surface area contributed by atoms with Crippen molar-refractivity contribution in [2.45, 2.75) is 50.3 Å². The second-order valence-corrected chi connectivity index (χ2v) is 7.46. The summed E-state index contributed by atoms with van der Waals surface area (Å²) in [6, 6.07) is 0.0307. The molecule has 1 aliphatic heterocycles. The van der Waals surface area contributed by atoms with Gasteiger partial charge in [-0.15, -0.1) is 0 Å². The molecule has 1 saturated carbocycles. The van der Waals surface area contributed by atoms with Crippen molar-refractivity contribution >= 4 is 29.3 Å². The second-order valence-electron chi connectivity index (χ2n) is 7.08. The molecule has 2 fully saturated rings. The van der Waals surface area contributed by atoms with Gasteiger partial charge in [0.2, 0.25) is 5.91 Å². The van der Waals surface area contributed by atoms with E-state index in [1.807, 2.05) is 4.90 Å². The van der Waals surface area contributed by atoms with Gasteiger partial charge in [0.1, 0.15) is 17.7 Å². The van der Waals surface area contributed by atoms with Crippen LogP contribution in [0.15, 0.2) is 11.0 Å². The van der Waals surface area contributed by atoms with Gasteiger partial charge in [-0.05, 0) is 25.7 Å². The monoisotopic (exact) mass is 413 g/mol. The van der Waals surface area contributed by atoms with Crippen LogP contribution in [-0.4, -0.2) is 65.2 Å². The summed E-state index contributed by atoms with van der Waals surface area (Å²) in [5.41, 5.74) is 0.0761. The first-order chi connectivity index (χ1) is 13.5. The van der Waals surface area contributed by atoms with Gasteiger partial charge in [0, 0.05) is 25.0 Å². The number of nitrogens with zero attached hydrogens (tertiary/aromatic N) is 2. The van der Waals surface area contributed by atoms with E-state index in [9.17, 15) is 14.4 Å². The molecule has 1 aliphatic carbocycles. The summed E-state index contributed by atoms with van der Waals surface area (Å²) in [5.74, 6) is -0.377. The third-order valence-corrected chi connectivity index (χ3v) is 5.46. The average molecular weight is 414 g/mol. The largest absolute Gasteiger partial charge is 0.444 e. The zero-order valence-electron chi connectivity index (χ0n) is 15.3. The number of hydrogen-bond donors (Lipinski definition) is 4. The minimum atomic E-state index is -0.512. The molecule has 1 aromatic heterocycles. The Morgan fingerprint density at radius 1 is 1.25 bits per heavy atom. The molecule has 2 amide bonds. The highest BCUT2D eigenvalue weighted by Gasteiger charge is 2.29.